The van der Waals surface area contributed by atoms with E-state index < -0.39 is 148 Å². The second-order valence-electron chi connectivity index (χ2n) is 28.5. The summed E-state index contributed by atoms with van der Waals surface area (Å²) < 4.78 is 165. The van der Waals surface area contributed by atoms with Crippen LogP contribution in [0.2, 0.25) is 5.28 Å². The van der Waals surface area contributed by atoms with Crippen molar-refractivity contribution in [3.05, 3.63) is 123 Å². The van der Waals surface area contributed by atoms with Gasteiger partial charge in [0.15, 0.2) is 28.7 Å². The Morgan fingerprint density at radius 1 is 0.487 bits per heavy atom. The van der Waals surface area contributed by atoms with Crippen LogP contribution in [0.25, 0.3) is 0 Å². The lowest BCUT2D eigenvalue weighted by atomic mass is 9.99. The Balaban J connectivity index is 0.000000299. The van der Waals surface area contributed by atoms with Gasteiger partial charge in [-0.2, -0.15) is 49.5 Å². The van der Waals surface area contributed by atoms with Gasteiger partial charge in [0.1, 0.15) is 76.5 Å². The van der Waals surface area contributed by atoms with Crippen molar-refractivity contribution in [1.29, 1.82) is 0 Å². The molecule has 0 aliphatic carbocycles. The molecule has 3 aromatic heterocycles. The number of ketones is 2. The zero-order valence-electron chi connectivity index (χ0n) is 63.4. The largest absolute Gasteiger partial charge is 0.486 e. The molecule has 4 fully saturated rings. The summed E-state index contributed by atoms with van der Waals surface area (Å²) in [5.41, 5.74) is 14.8. The van der Waals surface area contributed by atoms with Crippen molar-refractivity contribution in [3.63, 3.8) is 0 Å². The van der Waals surface area contributed by atoms with Crippen LogP contribution in [0.4, 0.5) is 76.6 Å². The number of methoxy groups -OCH3 is 1. The molecule has 7 heterocycles. The number of likely N-dealkylation sites (tertiary alicyclic amines) is 3. The van der Waals surface area contributed by atoms with Gasteiger partial charge in [-0.15, -0.1) is 0 Å². The van der Waals surface area contributed by atoms with E-state index in [-0.39, 0.29) is 108 Å². The zero-order chi connectivity index (χ0) is 84.5. The number of rotatable bonds is 16. The number of hydrogen-bond donors (Lipinski definition) is 6. The maximum atomic E-state index is 13.9. The fourth-order valence-corrected chi connectivity index (χ4v) is 10.8. The predicted molar refractivity (Wildman–Crippen MR) is 387 cm³/mol. The maximum absolute atomic E-state index is 13.9. The molecular formula is C72H88ClF9N14O17. The highest BCUT2D eigenvalue weighted by Crippen LogP contribution is 2.42. The number of nitrogen functional groups attached to an aromatic ring is 4. The number of amides is 3. The van der Waals surface area contributed by atoms with Gasteiger partial charge in [0.2, 0.25) is 5.28 Å². The molecule has 113 heavy (non-hydrogen) atoms. The van der Waals surface area contributed by atoms with Crippen LogP contribution in [-0.4, -0.2) is 196 Å². The number of aryl methyl sites for hydroxylation is 1. The highest BCUT2D eigenvalue weighted by atomic mass is 35.5. The van der Waals surface area contributed by atoms with E-state index >= 15 is 0 Å². The number of carbonyl (C=O) groups is 7. The van der Waals surface area contributed by atoms with Crippen molar-refractivity contribution < 1.29 is 121 Å². The number of ether oxygens (including phenoxy) is 8. The number of aromatic nitrogens is 7. The highest BCUT2D eigenvalue weighted by molar-refractivity contribution is 6.28. The summed E-state index contributed by atoms with van der Waals surface area (Å²) in [6.07, 6.45) is -13.2. The van der Waals surface area contributed by atoms with E-state index in [4.69, 9.17) is 82.6 Å². The molecule has 0 bridgehead atoms. The van der Waals surface area contributed by atoms with Gasteiger partial charge in [-0.1, -0.05) is 6.92 Å². The Morgan fingerprint density at radius 2 is 0.805 bits per heavy atom. The number of nitrogens with zero attached hydrogens (tertiary/aromatic N) is 10. The molecule has 41 heteroatoms. The molecule has 3 aromatic carbocycles. The van der Waals surface area contributed by atoms with E-state index in [2.05, 4.69) is 34.9 Å². The molecule has 10 N–H and O–H groups in total. The molecule has 4 aliphatic rings. The summed E-state index contributed by atoms with van der Waals surface area (Å²) in [4.78, 5) is 115. The Morgan fingerprint density at radius 3 is 1.11 bits per heavy atom. The topological polar surface area (TPSA) is 438 Å². The van der Waals surface area contributed by atoms with Gasteiger partial charge in [-0.3, -0.25) is 9.59 Å². The molecule has 3 atom stereocenters. The number of aromatic carboxylic acids is 2. The van der Waals surface area contributed by atoms with Crippen molar-refractivity contribution in [3.8, 4) is 23.3 Å². The van der Waals surface area contributed by atoms with Crippen LogP contribution in [0, 0.1) is 0 Å². The van der Waals surface area contributed by atoms with Crippen molar-refractivity contribution in [2.45, 2.75) is 174 Å². The van der Waals surface area contributed by atoms with Crippen LogP contribution < -0.4 is 41.9 Å². The second kappa shape index (κ2) is 38.4. The third-order valence-electron chi connectivity index (χ3n) is 15.8. The second-order valence-corrected chi connectivity index (χ2v) is 28.9. The van der Waals surface area contributed by atoms with Gasteiger partial charge >= 0.3 is 54.8 Å². The lowest BCUT2D eigenvalue weighted by Gasteiger charge is -2.24. The number of carboxylic acids is 2. The molecule has 0 saturated carbocycles. The van der Waals surface area contributed by atoms with E-state index in [0.717, 1.165) is 56.6 Å². The standard InChI is InChI=1S/C40H46F6N6O8.C16H22F3N3O3.C6H8ClN3O.C6H4N2O4.C4H8O/c1-37(2,3)59-35(55)51-9-7-25(18-51)57-33-21(11-23(15-27(33)47)39(41,42)43)13-31(53)29-17-30(50-20-49-29)32(54)14-22-12-24(40(44,45)46)16-28(48)34(22)58-26-8-10-52(19-26)36(56)60-38(4,5)6;1-15(2,3)25-14(23)22-5-4-10(8-22)24-13-11(20)6-9(7-12(13)21)16(17,18)19;1-3-4-8-5(7)10-6(9-4)11-2;9-5(10)3-1-4(6(11)12)8-2-7-3;1-2-4-5-3-1/h11-12,15-17,20,25-26H,7-10,13-14,18-19,47-48H2,1-6H3;6-7,10H,4-5,8,20-21H2,1-3H3;3H2,1-2H3;1-2H,(H,9,10)(H,11,12);1-4H2/t25-,26-;10-;;;/m11.../s1. The summed E-state index contributed by atoms with van der Waals surface area (Å²) in [6, 6.07) is 6.42. The van der Waals surface area contributed by atoms with Gasteiger partial charge in [0.05, 0.1) is 66.2 Å². The minimum atomic E-state index is -4.86. The van der Waals surface area contributed by atoms with Gasteiger partial charge in [0, 0.05) is 88.6 Å². The lowest BCUT2D eigenvalue weighted by molar-refractivity contribution is -0.138. The van der Waals surface area contributed by atoms with Crippen LogP contribution in [0.15, 0.2) is 61.2 Å². The van der Waals surface area contributed by atoms with Crippen molar-refractivity contribution in [2.75, 3.05) is 82.5 Å². The van der Waals surface area contributed by atoms with Crippen LogP contribution in [-0.2, 0) is 56.7 Å². The van der Waals surface area contributed by atoms with E-state index in [1.165, 1.54) is 34.7 Å². The average Bonchev–Trinajstić information content (AvgIpc) is 1.68. The number of halogens is 10. The highest BCUT2D eigenvalue weighted by Gasteiger charge is 2.40. The fourth-order valence-electron chi connectivity index (χ4n) is 10.6. The normalized spacial score (nSPS) is 16.3. The molecule has 6 aromatic rings. The Bertz CT molecular complexity index is 4140. The van der Waals surface area contributed by atoms with E-state index in [1.54, 1.807) is 62.3 Å². The average molecular weight is 1630 g/mol. The number of hydrogen-bond acceptors (Lipinski definition) is 26. The number of carboxylic acid groups (broad SMARTS) is 2. The zero-order valence-corrected chi connectivity index (χ0v) is 64.2. The number of nitrogens with two attached hydrogens (primary N) is 4. The molecule has 618 valence electrons. The summed E-state index contributed by atoms with van der Waals surface area (Å²) in [5.74, 6) is -4.10. The minimum absolute atomic E-state index is 0.00374. The van der Waals surface area contributed by atoms with Crippen LogP contribution in [0.5, 0.6) is 23.3 Å². The summed E-state index contributed by atoms with van der Waals surface area (Å²) in [7, 11) is 1.49. The van der Waals surface area contributed by atoms with Crippen molar-refractivity contribution >= 4 is 76.1 Å². The van der Waals surface area contributed by atoms with Gasteiger partial charge in [-0.05, 0) is 129 Å². The number of anilines is 4. The molecule has 0 unspecified atom stereocenters. The monoisotopic (exact) mass is 1630 g/mol. The maximum Gasteiger partial charge on any atom is 0.416 e. The van der Waals surface area contributed by atoms with Gasteiger partial charge in [0.25, 0.3) is 0 Å². The number of benzene rings is 3. The van der Waals surface area contributed by atoms with Crippen molar-refractivity contribution in [2.24, 2.45) is 0 Å². The molecule has 0 radical (unpaired) electrons. The molecule has 4 saturated heterocycles. The van der Waals surface area contributed by atoms with Gasteiger partial charge in [-0.25, -0.2) is 48.9 Å². The van der Waals surface area contributed by atoms with E-state index in [9.17, 15) is 73.1 Å². The summed E-state index contributed by atoms with van der Waals surface area (Å²) in [6.45, 7) is 20.5. The molecule has 0 spiro atoms. The quantitative estimate of drug-likeness (QED) is 0.0227. The fraction of sp³-hybridized carbons (Fsp3) is 0.500. The molecule has 3 amide bonds. The smallest absolute Gasteiger partial charge is 0.416 e. The number of carbonyl (C=O) groups excluding carboxylic acids is 5. The molecule has 10 rings (SSSR count). The van der Waals surface area contributed by atoms with E-state index in [0.29, 0.717) is 43.1 Å². The van der Waals surface area contributed by atoms with Crippen LogP contribution in [0.3, 0.4) is 0 Å². The SMILES string of the molecule is C1CCOC1.CC(C)(C)OC(=O)N1CC[C@@H](Oc2c(N)cc(C(F)(F)F)cc2CC(=O)c2cc(C(=O)Cc3cc(C(F)(F)F)cc(N)c3O[C@@H]3CCN(C(=O)OC(C)(C)C)C3)ncn2)C1.CC(C)(C)OC(=O)N1CC[C@@H](Oc2c(N)cc(C(F)(F)F)cc2N)C1.CCc1nc(Cl)nc(OC)n1.O=C(O)c1cc(C(=O)O)ncn1. The third kappa shape index (κ3) is 28.6. The first-order chi connectivity index (χ1) is 52.4. The predicted octanol–water partition coefficient (Wildman–Crippen LogP) is 12.3. The first-order valence-electron chi connectivity index (χ1n) is 34.8. The van der Waals surface area contributed by atoms with Crippen molar-refractivity contribution in [1.82, 2.24) is 49.6 Å². The number of Topliss-reactive ketones (excluding diaryl/α,β-unsaturated/α-hetero) is 2. The third-order valence-corrected chi connectivity index (χ3v) is 15.9. The number of alkyl halides is 9. The van der Waals surface area contributed by atoms with E-state index in [1.807, 2.05) is 6.92 Å². The molecule has 31 nitrogen and oxygen atoms in total. The van der Waals surface area contributed by atoms with Crippen LogP contribution >= 0.6 is 11.6 Å². The Labute approximate surface area is 647 Å². The van der Waals surface area contributed by atoms with Gasteiger partial charge < -0.3 is 85.7 Å². The Kier molecular flexibility index (Phi) is 30.9. The summed E-state index contributed by atoms with van der Waals surface area (Å²) >= 11 is 5.57. The lowest BCUT2D eigenvalue weighted by Crippen LogP contribution is -2.36. The Hall–Kier alpha value is -11.1. The first kappa shape index (κ1) is 90.8. The molecular weight excluding hydrogens is 1540 g/mol. The first-order valence-corrected chi connectivity index (χ1v) is 35.2. The molecule has 4 aliphatic heterocycles. The summed E-state index contributed by atoms with van der Waals surface area (Å²) in [5, 5.41) is 17.0. The minimum Gasteiger partial charge on any atom is -0.486 e. The van der Waals surface area contributed by atoms with Crippen LogP contribution in [0.1, 0.15) is 177 Å².